The zero-order valence-electron chi connectivity index (χ0n) is 17.8. The Labute approximate surface area is 179 Å². The van der Waals surface area contributed by atoms with Gasteiger partial charge in [-0.15, -0.1) is 0 Å². The van der Waals surface area contributed by atoms with Crippen LogP contribution >= 0.6 is 11.8 Å². The lowest BCUT2D eigenvalue weighted by Crippen LogP contribution is -2.00. The van der Waals surface area contributed by atoms with Gasteiger partial charge in [0.25, 0.3) is 0 Å². The van der Waals surface area contributed by atoms with Crippen molar-refractivity contribution >= 4 is 33.5 Å². The van der Waals surface area contributed by atoms with E-state index in [9.17, 15) is 4.79 Å². The Morgan fingerprint density at radius 1 is 0.793 bits per heavy atom. The van der Waals surface area contributed by atoms with E-state index in [1.165, 1.54) is 64.2 Å². The van der Waals surface area contributed by atoms with Gasteiger partial charge in [-0.25, -0.2) is 4.79 Å². The first kappa shape index (κ1) is 22.0. The first-order valence-corrected chi connectivity index (χ1v) is 12.5. The highest BCUT2D eigenvalue weighted by Crippen LogP contribution is 2.28. The molecule has 3 aromatic rings. The smallest absolute Gasteiger partial charge is 0.336 e. The summed E-state index contributed by atoms with van der Waals surface area (Å²) >= 11 is 1.93. The highest BCUT2D eigenvalue weighted by atomic mass is 32.2. The van der Waals surface area contributed by atoms with Crippen LogP contribution in [0.4, 0.5) is 0 Å². The SMILES string of the molecule is CCCCCCCCCCCCSCc1cc(=O)oc2c1ccc1ccccc12. The second-order valence-electron chi connectivity index (χ2n) is 7.99. The molecule has 0 aliphatic carbocycles. The fourth-order valence-electron chi connectivity index (χ4n) is 3.95. The second-order valence-corrected chi connectivity index (χ2v) is 9.09. The normalized spacial score (nSPS) is 11.5. The minimum absolute atomic E-state index is 0.247. The van der Waals surface area contributed by atoms with Gasteiger partial charge in [-0.2, -0.15) is 11.8 Å². The lowest BCUT2D eigenvalue weighted by atomic mass is 10.0. The van der Waals surface area contributed by atoms with Gasteiger partial charge in [0, 0.05) is 22.6 Å². The molecule has 0 saturated heterocycles. The van der Waals surface area contributed by atoms with E-state index in [2.05, 4.69) is 25.1 Å². The minimum Gasteiger partial charge on any atom is -0.422 e. The third-order valence-corrected chi connectivity index (χ3v) is 6.71. The van der Waals surface area contributed by atoms with Crippen LogP contribution in [0.2, 0.25) is 0 Å². The van der Waals surface area contributed by atoms with Gasteiger partial charge in [0.2, 0.25) is 0 Å². The summed E-state index contributed by atoms with van der Waals surface area (Å²) < 4.78 is 5.56. The van der Waals surface area contributed by atoms with Gasteiger partial charge in [0.15, 0.2) is 0 Å². The number of unbranched alkanes of at least 4 members (excludes halogenated alkanes) is 9. The van der Waals surface area contributed by atoms with Crippen LogP contribution in [0.5, 0.6) is 0 Å². The summed E-state index contributed by atoms with van der Waals surface area (Å²) in [7, 11) is 0. The van der Waals surface area contributed by atoms with E-state index < -0.39 is 0 Å². The molecule has 1 heterocycles. The maximum absolute atomic E-state index is 12.1. The van der Waals surface area contributed by atoms with Crippen molar-refractivity contribution in [1.82, 2.24) is 0 Å². The van der Waals surface area contributed by atoms with Crippen LogP contribution in [-0.2, 0) is 5.75 Å². The van der Waals surface area contributed by atoms with E-state index in [0.717, 1.165) is 38.8 Å². The molecule has 0 unspecified atom stereocenters. The first-order chi connectivity index (χ1) is 14.3. The van der Waals surface area contributed by atoms with Gasteiger partial charge < -0.3 is 4.42 Å². The van der Waals surface area contributed by atoms with Crippen LogP contribution in [0.3, 0.4) is 0 Å². The molecule has 3 rings (SSSR count). The fourth-order valence-corrected chi connectivity index (χ4v) is 4.96. The molecule has 2 aromatic carbocycles. The highest BCUT2D eigenvalue weighted by molar-refractivity contribution is 7.98. The standard InChI is InChI=1S/C26H34O2S/c1-2-3-4-5-6-7-8-9-10-13-18-29-20-22-19-25(27)28-26-23-15-12-11-14-21(23)16-17-24(22)26/h11-12,14-17,19H,2-10,13,18,20H2,1H3. The van der Waals surface area contributed by atoms with Crippen LogP contribution < -0.4 is 5.63 Å². The van der Waals surface area contributed by atoms with Crippen molar-refractivity contribution in [1.29, 1.82) is 0 Å². The summed E-state index contributed by atoms with van der Waals surface area (Å²) in [4.78, 5) is 12.1. The van der Waals surface area contributed by atoms with Crippen LogP contribution in [0.15, 0.2) is 51.7 Å². The fraction of sp³-hybridized carbons (Fsp3) is 0.500. The average Bonchev–Trinajstić information content (AvgIpc) is 2.74. The third kappa shape index (κ3) is 6.64. The molecular weight excluding hydrogens is 376 g/mol. The molecule has 0 fully saturated rings. The quantitative estimate of drug-likeness (QED) is 0.162. The second kappa shape index (κ2) is 12.1. The van der Waals surface area contributed by atoms with Crippen LogP contribution in [0.1, 0.15) is 76.7 Å². The summed E-state index contributed by atoms with van der Waals surface area (Å²) in [5.41, 5.74) is 1.58. The molecule has 0 radical (unpaired) electrons. The third-order valence-electron chi connectivity index (χ3n) is 5.62. The summed E-state index contributed by atoms with van der Waals surface area (Å²) in [6, 6.07) is 14.0. The molecule has 0 N–H and O–H groups in total. The summed E-state index contributed by atoms with van der Waals surface area (Å²) in [5, 5.41) is 3.20. The Kier molecular flexibility index (Phi) is 9.14. The number of fused-ring (bicyclic) bond motifs is 3. The van der Waals surface area contributed by atoms with E-state index >= 15 is 0 Å². The Morgan fingerprint density at radius 2 is 1.48 bits per heavy atom. The Balaban J connectivity index is 1.42. The van der Waals surface area contributed by atoms with Crippen molar-refractivity contribution in [2.75, 3.05) is 5.75 Å². The van der Waals surface area contributed by atoms with Crippen molar-refractivity contribution in [3.05, 3.63) is 58.4 Å². The predicted molar refractivity (Wildman–Crippen MR) is 128 cm³/mol. The summed E-state index contributed by atoms with van der Waals surface area (Å²) in [6.45, 7) is 2.27. The Bertz CT molecular complexity index is 944. The lowest BCUT2D eigenvalue weighted by molar-refractivity contribution is 0.562. The van der Waals surface area contributed by atoms with Crippen molar-refractivity contribution in [2.24, 2.45) is 0 Å². The molecule has 1 aromatic heterocycles. The zero-order valence-corrected chi connectivity index (χ0v) is 18.6. The molecule has 29 heavy (non-hydrogen) atoms. The van der Waals surface area contributed by atoms with Crippen molar-refractivity contribution in [3.63, 3.8) is 0 Å². The molecule has 0 saturated carbocycles. The van der Waals surface area contributed by atoms with E-state index in [-0.39, 0.29) is 5.63 Å². The van der Waals surface area contributed by atoms with Gasteiger partial charge in [0.05, 0.1) is 0 Å². The molecule has 2 nitrogen and oxygen atoms in total. The van der Waals surface area contributed by atoms with Crippen LogP contribution in [0.25, 0.3) is 21.7 Å². The summed E-state index contributed by atoms with van der Waals surface area (Å²) in [6.07, 6.45) is 13.7. The van der Waals surface area contributed by atoms with E-state index in [0.29, 0.717) is 0 Å². The Morgan fingerprint density at radius 3 is 2.24 bits per heavy atom. The van der Waals surface area contributed by atoms with Gasteiger partial charge in [-0.3, -0.25) is 0 Å². The zero-order chi connectivity index (χ0) is 20.3. The minimum atomic E-state index is -0.247. The van der Waals surface area contributed by atoms with Gasteiger partial charge >= 0.3 is 5.63 Å². The van der Waals surface area contributed by atoms with E-state index in [1.54, 1.807) is 6.07 Å². The van der Waals surface area contributed by atoms with E-state index in [4.69, 9.17) is 4.42 Å². The van der Waals surface area contributed by atoms with Crippen molar-refractivity contribution in [3.8, 4) is 0 Å². The van der Waals surface area contributed by atoms with Gasteiger partial charge in [-0.1, -0.05) is 101 Å². The van der Waals surface area contributed by atoms with Crippen molar-refractivity contribution in [2.45, 2.75) is 76.9 Å². The molecule has 0 aliphatic heterocycles. The monoisotopic (exact) mass is 410 g/mol. The molecule has 0 atom stereocenters. The summed E-state index contributed by atoms with van der Waals surface area (Å²) in [5.74, 6) is 2.03. The average molecular weight is 411 g/mol. The van der Waals surface area contributed by atoms with E-state index in [1.807, 2.05) is 30.0 Å². The first-order valence-electron chi connectivity index (χ1n) is 11.3. The maximum atomic E-state index is 12.1. The molecule has 0 bridgehead atoms. The molecule has 3 heteroatoms. The highest BCUT2D eigenvalue weighted by Gasteiger charge is 2.09. The molecule has 156 valence electrons. The molecular formula is C26H34O2S. The Hall–Kier alpha value is -1.74. The number of hydrogen-bond donors (Lipinski definition) is 0. The largest absolute Gasteiger partial charge is 0.422 e. The van der Waals surface area contributed by atoms with Crippen LogP contribution in [0, 0.1) is 0 Å². The van der Waals surface area contributed by atoms with Crippen LogP contribution in [-0.4, -0.2) is 5.75 Å². The number of hydrogen-bond acceptors (Lipinski definition) is 3. The molecule has 0 amide bonds. The topological polar surface area (TPSA) is 30.2 Å². The predicted octanol–water partition coefficient (Wildman–Crippen LogP) is 8.10. The number of benzene rings is 2. The number of rotatable bonds is 13. The maximum Gasteiger partial charge on any atom is 0.336 e. The number of thioether (sulfide) groups is 1. The van der Waals surface area contributed by atoms with Gasteiger partial charge in [-0.05, 0) is 23.1 Å². The molecule has 0 aliphatic rings. The molecule has 0 spiro atoms. The van der Waals surface area contributed by atoms with Crippen molar-refractivity contribution < 1.29 is 4.42 Å². The van der Waals surface area contributed by atoms with Gasteiger partial charge in [0.1, 0.15) is 5.58 Å². The lowest BCUT2D eigenvalue weighted by Gasteiger charge is -2.08.